The zero-order valence-electron chi connectivity index (χ0n) is 12.6. The van der Waals surface area contributed by atoms with Gasteiger partial charge in [-0.15, -0.1) is 0 Å². The van der Waals surface area contributed by atoms with Crippen LogP contribution in [0.2, 0.25) is 10.0 Å². The van der Waals surface area contributed by atoms with Crippen LogP contribution in [0.5, 0.6) is 0 Å². The largest absolute Gasteiger partial charge is 0.301 e. The molecule has 122 valence electrons. The first-order valence-corrected chi connectivity index (χ1v) is 9.06. The van der Waals surface area contributed by atoms with E-state index < -0.39 is 0 Å². The molecule has 0 aliphatic rings. The maximum absolute atomic E-state index is 11.9. The Kier molecular flexibility index (Phi) is 5.61. The first kappa shape index (κ1) is 17.1. The van der Waals surface area contributed by atoms with Crippen molar-refractivity contribution in [3.63, 3.8) is 0 Å². The minimum atomic E-state index is -0.182. The van der Waals surface area contributed by atoms with Gasteiger partial charge in [-0.2, -0.15) is 0 Å². The summed E-state index contributed by atoms with van der Waals surface area (Å²) in [5.74, 6) is 0.736. The van der Waals surface area contributed by atoms with Gasteiger partial charge in [-0.05, 0) is 23.3 Å². The van der Waals surface area contributed by atoms with Gasteiger partial charge in [0.15, 0.2) is 5.16 Å². The number of aromatic nitrogens is 2. The molecule has 0 atom stereocenters. The van der Waals surface area contributed by atoms with Gasteiger partial charge in [-0.1, -0.05) is 71.4 Å². The van der Waals surface area contributed by atoms with Gasteiger partial charge in [0.05, 0.1) is 5.69 Å². The third kappa shape index (κ3) is 4.41. The third-order valence-corrected chi connectivity index (χ3v) is 5.06. The average molecular weight is 377 g/mol. The summed E-state index contributed by atoms with van der Waals surface area (Å²) in [7, 11) is 0. The molecule has 6 heteroatoms. The molecular weight excluding hydrogens is 363 g/mol. The lowest BCUT2D eigenvalue weighted by molar-refractivity contribution is 0.879. The zero-order chi connectivity index (χ0) is 16.9. The maximum Gasteiger partial charge on any atom is 0.251 e. The van der Waals surface area contributed by atoms with E-state index in [1.165, 1.54) is 23.4 Å². The van der Waals surface area contributed by atoms with Gasteiger partial charge >= 0.3 is 0 Å². The number of halogens is 2. The van der Waals surface area contributed by atoms with Crippen LogP contribution in [-0.2, 0) is 12.2 Å². The Morgan fingerprint density at radius 2 is 1.71 bits per heavy atom. The van der Waals surface area contributed by atoms with Crippen molar-refractivity contribution in [2.45, 2.75) is 17.3 Å². The van der Waals surface area contributed by atoms with Crippen LogP contribution in [0.4, 0.5) is 0 Å². The van der Waals surface area contributed by atoms with Crippen LogP contribution in [0, 0.1) is 0 Å². The van der Waals surface area contributed by atoms with E-state index >= 15 is 0 Å². The van der Waals surface area contributed by atoms with Gasteiger partial charge in [-0.3, -0.25) is 4.79 Å². The minimum absolute atomic E-state index is 0.182. The Morgan fingerprint density at radius 1 is 1.00 bits per heavy atom. The van der Waals surface area contributed by atoms with Crippen LogP contribution in [0.15, 0.2) is 64.5 Å². The number of benzene rings is 2. The van der Waals surface area contributed by atoms with Crippen molar-refractivity contribution < 1.29 is 0 Å². The summed E-state index contributed by atoms with van der Waals surface area (Å²) in [6.45, 7) is 0. The molecule has 0 saturated heterocycles. The van der Waals surface area contributed by atoms with Gasteiger partial charge in [0.25, 0.3) is 5.56 Å². The van der Waals surface area contributed by atoms with E-state index in [4.69, 9.17) is 23.2 Å². The van der Waals surface area contributed by atoms with E-state index in [0.29, 0.717) is 27.3 Å². The van der Waals surface area contributed by atoms with Gasteiger partial charge in [0.1, 0.15) is 0 Å². The summed E-state index contributed by atoms with van der Waals surface area (Å²) >= 11 is 13.9. The molecule has 0 radical (unpaired) electrons. The van der Waals surface area contributed by atoms with Crippen molar-refractivity contribution in [3.8, 4) is 0 Å². The first-order chi connectivity index (χ1) is 11.6. The highest BCUT2D eigenvalue weighted by molar-refractivity contribution is 7.98. The number of hydrogen-bond acceptors (Lipinski definition) is 3. The van der Waals surface area contributed by atoms with Crippen LogP contribution in [0.1, 0.15) is 16.8 Å². The Bertz CT molecular complexity index is 877. The molecule has 24 heavy (non-hydrogen) atoms. The highest BCUT2D eigenvalue weighted by atomic mass is 35.5. The predicted octanol–water partition coefficient (Wildman–Crippen LogP) is 4.96. The molecule has 0 fully saturated rings. The normalized spacial score (nSPS) is 10.8. The minimum Gasteiger partial charge on any atom is -0.301 e. The third-order valence-electron chi connectivity index (χ3n) is 3.41. The van der Waals surface area contributed by atoms with Crippen molar-refractivity contribution in [1.29, 1.82) is 0 Å². The molecule has 0 bridgehead atoms. The molecule has 3 aromatic rings. The standard InChI is InChI=1S/C18H14Cl2N2OS/c19-15-7-4-8-16(20)14(15)9-13-10-17(23)22-18(21-13)24-11-12-5-2-1-3-6-12/h1-8,10H,9,11H2,(H,21,22,23). The Balaban J connectivity index is 1.80. The van der Waals surface area contributed by atoms with E-state index in [1.807, 2.05) is 30.3 Å². The lowest BCUT2D eigenvalue weighted by Crippen LogP contribution is -2.10. The fraction of sp³-hybridized carbons (Fsp3) is 0.111. The topological polar surface area (TPSA) is 45.8 Å². The lowest BCUT2D eigenvalue weighted by Gasteiger charge is -2.08. The van der Waals surface area contributed by atoms with Gasteiger partial charge in [0.2, 0.25) is 0 Å². The van der Waals surface area contributed by atoms with Crippen molar-refractivity contribution in [3.05, 3.63) is 91.8 Å². The molecule has 0 aliphatic heterocycles. The quantitative estimate of drug-likeness (QED) is 0.505. The van der Waals surface area contributed by atoms with Crippen molar-refractivity contribution in [2.75, 3.05) is 0 Å². The van der Waals surface area contributed by atoms with Crippen LogP contribution >= 0.6 is 35.0 Å². The van der Waals surface area contributed by atoms with E-state index in [9.17, 15) is 4.79 Å². The smallest absolute Gasteiger partial charge is 0.251 e. The fourth-order valence-corrected chi connectivity index (χ4v) is 3.63. The van der Waals surface area contributed by atoms with Crippen LogP contribution < -0.4 is 5.56 Å². The molecule has 0 unspecified atom stereocenters. The van der Waals surface area contributed by atoms with Gasteiger partial charge in [-0.25, -0.2) is 4.98 Å². The van der Waals surface area contributed by atoms with E-state index in [-0.39, 0.29) is 5.56 Å². The number of H-pyrrole nitrogens is 1. The van der Waals surface area contributed by atoms with Crippen LogP contribution in [-0.4, -0.2) is 9.97 Å². The van der Waals surface area contributed by atoms with E-state index in [2.05, 4.69) is 9.97 Å². The zero-order valence-corrected chi connectivity index (χ0v) is 15.0. The SMILES string of the molecule is O=c1cc(Cc2c(Cl)cccc2Cl)nc(SCc2ccccc2)[nH]1. The average Bonchev–Trinajstić information content (AvgIpc) is 2.57. The molecule has 0 saturated carbocycles. The second-order valence-electron chi connectivity index (χ2n) is 5.19. The predicted molar refractivity (Wildman–Crippen MR) is 100 cm³/mol. The van der Waals surface area contributed by atoms with E-state index in [0.717, 1.165) is 11.3 Å². The van der Waals surface area contributed by atoms with E-state index in [1.54, 1.807) is 18.2 Å². The maximum atomic E-state index is 11.9. The summed E-state index contributed by atoms with van der Waals surface area (Å²) in [5, 5.41) is 1.73. The Labute approximate surface area is 154 Å². The van der Waals surface area contributed by atoms with Crippen molar-refractivity contribution in [2.24, 2.45) is 0 Å². The number of aromatic amines is 1. The molecular formula is C18H14Cl2N2OS. The molecule has 3 rings (SSSR count). The Hall–Kier alpha value is -1.75. The summed E-state index contributed by atoms with van der Waals surface area (Å²) in [6, 6.07) is 16.9. The molecule has 1 N–H and O–H groups in total. The van der Waals surface area contributed by atoms with Gasteiger partial charge in [0, 0.05) is 28.3 Å². The monoisotopic (exact) mass is 376 g/mol. The first-order valence-electron chi connectivity index (χ1n) is 7.31. The molecule has 1 aromatic heterocycles. The number of thioether (sulfide) groups is 1. The second-order valence-corrected chi connectivity index (χ2v) is 6.97. The number of nitrogens with zero attached hydrogens (tertiary/aromatic N) is 1. The molecule has 1 heterocycles. The highest BCUT2D eigenvalue weighted by Gasteiger charge is 2.09. The summed E-state index contributed by atoms with van der Waals surface area (Å²) < 4.78 is 0. The number of hydrogen-bond donors (Lipinski definition) is 1. The fourth-order valence-electron chi connectivity index (χ4n) is 2.25. The highest BCUT2D eigenvalue weighted by Crippen LogP contribution is 2.26. The number of rotatable bonds is 5. The van der Waals surface area contributed by atoms with Crippen molar-refractivity contribution >= 4 is 35.0 Å². The molecule has 3 nitrogen and oxygen atoms in total. The Morgan fingerprint density at radius 3 is 2.42 bits per heavy atom. The molecule has 2 aromatic carbocycles. The lowest BCUT2D eigenvalue weighted by atomic mass is 10.1. The molecule has 0 spiro atoms. The van der Waals surface area contributed by atoms with Crippen LogP contribution in [0.3, 0.4) is 0 Å². The summed E-state index contributed by atoms with van der Waals surface area (Å²) in [4.78, 5) is 19.2. The number of nitrogens with one attached hydrogen (secondary N) is 1. The van der Waals surface area contributed by atoms with Crippen molar-refractivity contribution in [1.82, 2.24) is 9.97 Å². The summed E-state index contributed by atoms with van der Waals surface area (Å²) in [5.41, 5.74) is 2.41. The summed E-state index contributed by atoms with van der Waals surface area (Å²) in [6.07, 6.45) is 0.418. The molecule has 0 aliphatic carbocycles. The molecule has 0 amide bonds. The second kappa shape index (κ2) is 7.88. The van der Waals surface area contributed by atoms with Crippen LogP contribution in [0.25, 0.3) is 0 Å². The van der Waals surface area contributed by atoms with Gasteiger partial charge < -0.3 is 4.98 Å².